The van der Waals surface area contributed by atoms with Crippen LogP contribution >= 0.6 is 0 Å². The first-order valence-corrected chi connectivity index (χ1v) is 7.43. The van der Waals surface area contributed by atoms with Crippen molar-refractivity contribution in [3.05, 3.63) is 46.6 Å². The Morgan fingerprint density at radius 3 is 2.39 bits per heavy atom. The van der Waals surface area contributed by atoms with Crippen molar-refractivity contribution in [2.75, 3.05) is 0 Å². The number of carboxylic acids is 1. The van der Waals surface area contributed by atoms with E-state index in [0.717, 1.165) is 5.56 Å². The lowest BCUT2D eigenvalue weighted by atomic mass is 9.86. The van der Waals surface area contributed by atoms with E-state index in [4.69, 9.17) is 5.73 Å². The van der Waals surface area contributed by atoms with Gasteiger partial charge < -0.3 is 15.9 Å². The maximum atomic E-state index is 11.3. The van der Waals surface area contributed by atoms with E-state index in [2.05, 4.69) is 25.8 Å². The Labute approximate surface area is 135 Å². The molecule has 1 heterocycles. The van der Waals surface area contributed by atoms with E-state index in [1.807, 2.05) is 6.07 Å². The third kappa shape index (κ3) is 3.35. The predicted octanol–water partition coefficient (Wildman–Crippen LogP) is 3.22. The Balaban J connectivity index is 2.59. The van der Waals surface area contributed by atoms with Crippen LogP contribution in [0.2, 0.25) is 0 Å². The SMILES string of the molecule is Cc1nc(-c2ccc(C(C)(C)C)cc2O)cc(CN)c1C(=O)O. The largest absolute Gasteiger partial charge is 0.507 e. The van der Waals surface area contributed by atoms with Gasteiger partial charge in [0, 0.05) is 12.1 Å². The summed E-state index contributed by atoms with van der Waals surface area (Å²) < 4.78 is 0. The molecule has 0 radical (unpaired) electrons. The standard InChI is InChI=1S/C18H22N2O3/c1-10-16(17(22)23)11(9-19)7-14(20-10)13-6-5-12(8-15(13)21)18(2,3)4/h5-8,21H,9,19H2,1-4H3,(H,22,23). The highest BCUT2D eigenvalue weighted by molar-refractivity contribution is 5.91. The second-order valence-electron chi connectivity index (χ2n) is 6.62. The number of hydrogen-bond acceptors (Lipinski definition) is 4. The number of aromatic hydroxyl groups is 1. The number of carboxylic acid groups (broad SMARTS) is 1. The maximum absolute atomic E-state index is 11.3. The molecule has 5 heteroatoms. The van der Waals surface area contributed by atoms with E-state index in [1.165, 1.54) is 0 Å². The van der Waals surface area contributed by atoms with Crippen LogP contribution in [0.1, 0.15) is 48.0 Å². The van der Waals surface area contributed by atoms with Crippen LogP contribution in [0.3, 0.4) is 0 Å². The van der Waals surface area contributed by atoms with E-state index in [0.29, 0.717) is 22.5 Å². The second kappa shape index (κ2) is 6.01. The number of carbonyl (C=O) groups is 1. The molecule has 0 saturated carbocycles. The first kappa shape index (κ1) is 17.0. The summed E-state index contributed by atoms with van der Waals surface area (Å²) >= 11 is 0. The van der Waals surface area contributed by atoms with Crippen LogP contribution in [0.4, 0.5) is 0 Å². The van der Waals surface area contributed by atoms with Gasteiger partial charge in [0.2, 0.25) is 0 Å². The number of phenolic OH excluding ortho intramolecular Hbond substituents is 1. The number of pyridine rings is 1. The molecule has 0 bridgehead atoms. The van der Waals surface area contributed by atoms with Gasteiger partial charge in [-0.1, -0.05) is 26.8 Å². The van der Waals surface area contributed by atoms with Crippen molar-refractivity contribution in [2.24, 2.45) is 5.73 Å². The molecule has 0 unspecified atom stereocenters. The van der Waals surface area contributed by atoms with Gasteiger partial charge in [0.1, 0.15) is 5.75 Å². The fourth-order valence-corrected chi connectivity index (χ4v) is 2.54. The van der Waals surface area contributed by atoms with Crippen LogP contribution in [0, 0.1) is 6.92 Å². The zero-order valence-corrected chi connectivity index (χ0v) is 13.8. The summed E-state index contributed by atoms with van der Waals surface area (Å²) in [4.78, 5) is 15.7. The van der Waals surface area contributed by atoms with Crippen LogP contribution in [0.5, 0.6) is 5.75 Å². The number of nitrogens with zero attached hydrogens (tertiary/aromatic N) is 1. The summed E-state index contributed by atoms with van der Waals surface area (Å²) in [6, 6.07) is 7.10. The van der Waals surface area contributed by atoms with Crippen LogP contribution in [0.25, 0.3) is 11.3 Å². The van der Waals surface area contributed by atoms with E-state index in [-0.39, 0.29) is 23.3 Å². The number of benzene rings is 1. The fourth-order valence-electron chi connectivity index (χ4n) is 2.54. The minimum absolute atomic E-state index is 0.0745. The lowest BCUT2D eigenvalue weighted by Gasteiger charge is -2.20. The Morgan fingerprint density at radius 1 is 1.26 bits per heavy atom. The molecule has 1 aromatic heterocycles. The van der Waals surface area contributed by atoms with Gasteiger partial charge in [-0.25, -0.2) is 4.79 Å². The van der Waals surface area contributed by atoms with E-state index in [1.54, 1.807) is 25.1 Å². The van der Waals surface area contributed by atoms with Crippen molar-refractivity contribution < 1.29 is 15.0 Å². The molecule has 0 fully saturated rings. The smallest absolute Gasteiger partial charge is 0.337 e. The van der Waals surface area contributed by atoms with Crippen molar-refractivity contribution in [3.63, 3.8) is 0 Å². The first-order chi connectivity index (χ1) is 10.6. The molecular formula is C18H22N2O3. The number of phenols is 1. The number of rotatable bonds is 3. The molecule has 5 nitrogen and oxygen atoms in total. The number of aryl methyl sites for hydroxylation is 1. The molecule has 2 rings (SSSR count). The fraction of sp³-hybridized carbons (Fsp3) is 0.333. The van der Waals surface area contributed by atoms with Crippen LogP contribution in [-0.4, -0.2) is 21.2 Å². The molecule has 0 aliphatic rings. The first-order valence-electron chi connectivity index (χ1n) is 7.43. The van der Waals surface area contributed by atoms with E-state index >= 15 is 0 Å². The predicted molar refractivity (Wildman–Crippen MR) is 89.6 cm³/mol. The van der Waals surface area contributed by atoms with Crippen LogP contribution in [0.15, 0.2) is 24.3 Å². The Hall–Kier alpha value is -2.40. The summed E-state index contributed by atoms with van der Waals surface area (Å²) in [6.07, 6.45) is 0. The molecule has 2 aromatic rings. The summed E-state index contributed by atoms with van der Waals surface area (Å²) in [7, 11) is 0. The zero-order valence-electron chi connectivity index (χ0n) is 13.8. The molecule has 0 saturated heterocycles. The molecular weight excluding hydrogens is 292 g/mol. The molecule has 0 atom stereocenters. The Kier molecular flexibility index (Phi) is 4.43. The van der Waals surface area contributed by atoms with Crippen LogP contribution in [-0.2, 0) is 12.0 Å². The van der Waals surface area contributed by atoms with Gasteiger partial charge in [-0.15, -0.1) is 0 Å². The highest BCUT2D eigenvalue weighted by Gasteiger charge is 2.19. The van der Waals surface area contributed by atoms with E-state index < -0.39 is 5.97 Å². The molecule has 1 aromatic carbocycles. The summed E-state index contributed by atoms with van der Waals surface area (Å²) in [6.45, 7) is 7.93. The molecule has 122 valence electrons. The van der Waals surface area contributed by atoms with E-state index in [9.17, 15) is 15.0 Å². The van der Waals surface area contributed by atoms with Gasteiger partial charge in [0.25, 0.3) is 0 Å². The molecule has 0 amide bonds. The second-order valence-corrected chi connectivity index (χ2v) is 6.62. The summed E-state index contributed by atoms with van der Waals surface area (Å²) in [5.74, 6) is -0.926. The van der Waals surface area contributed by atoms with Crippen molar-refractivity contribution in [1.82, 2.24) is 4.98 Å². The minimum atomic E-state index is -1.05. The third-order valence-corrected chi connectivity index (χ3v) is 3.86. The average molecular weight is 314 g/mol. The van der Waals surface area contributed by atoms with Crippen molar-refractivity contribution in [2.45, 2.75) is 39.7 Å². The zero-order chi connectivity index (χ0) is 17.4. The average Bonchev–Trinajstić information content (AvgIpc) is 2.44. The van der Waals surface area contributed by atoms with Crippen LogP contribution < -0.4 is 5.73 Å². The van der Waals surface area contributed by atoms with Gasteiger partial charge in [-0.05, 0) is 41.7 Å². The number of hydrogen-bond donors (Lipinski definition) is 3. The monoisotopic (exact) mass is 314 g/mol. The van der Waals surface area contributed by atoms with Gasteiger partial charge in [-0.2, -0.15) is 0 Å². The number of aromatic nitrogens is 1. The third-order valence-electron chi connectivity index (χ3n) is 3.86. The Bertz CT molecular complexity index is 762. The normalized spacial score (nSPS) is 11.5. The molecule has 23 heavy (non-hydrogen) atoms. The van der Waals surface area contributed by atoms with Gasteiger partial charge in [0.05, 0.1) is 17.0 Å². The lowest BCUT2D eigenvalue weighted by Crippen LogP contribution is -2.12. The van der Waals surface area contributed by atoms with Gasteiger partial charge >= 0.3 is 5.97 Å². The van der Waals surface area contributed by atoms with Crippen molar-refractivity contribution in [3.8, 4) is 17.0 Å². The Morgan fingerprint density at radius 2 is 1.91 bits per heavy atom. The minimum Gasteiger partial charge on any atom is -0.507 e. The molecule has 0 aliphatic carbocycles. The van der Waals surface area contributed by atoms with Gasteiger partial charge in [-0.3, -0.25) is 4.98 Å². The van der Waals surface area contributed by atoms with Crippen molar-refractivity contribution >= 4 is 5.97 Å². The van der Waals surface area contributed by atoms with Crippen molar-refractivity contribution in [1.29, 1.82) is 0 Å². The highest BCUT2D eigenvalue weighted by Crippen LogP contribution is 2.34. The lowest BCUT2D eigenvalue weighted by molar-refractivity contribution is 0.0694. The summed E-state index contributed by atoms with van der Waals surface area (Å²) in [5, 5.41) is 19.6. The highest BCUT2D eigenvalue weighted by atomic mass is 16.4. The topological polar surface area (TPSA) is 96.4 Å². The summed E-state index contributed by atoms with van der Waals surface area (Å²) in [5.41, 5.74) is 8.70. The quantitative estimate of drug-likeness (QED) is 0.808. The van der Waals surface area contributed by atoms with Gasteiger partial charge in [0.15, 0.2) is 0 Å². The number of nitrogens with two attached hydrogens (primary N) is 1. The molecule has 0 aliphatic heterocycles. The molecule has 0 spiro atoms. The molecule has 4 N–H and O–H groups in total. The maximum Gasteiger partial charge on any atom is 0.337 e. The number of aromatic carboxylic acids is 1.